The van der Waals surface area contributed by atoms with E-state index in [-0.39, 0.29) is 11.3 Å². The summed E-state index contributed by atoms with van der Waals surface area (Å²) in [5, 5.41) is 10.3. The third-order valence-electron chi connectivity index (χ3n) is 3.59. The lowest BCUT2D eigenvalue weighted by atomic mass is 10.2. The summed E-state index contributed by atoms with van der Waals surface area (Å²) in [5.41, 5.74) is 2.33. The van der Waals surface area contributed by atoms with Crippen LogP contribution in [0.15, 0.2) is 47.4 Å². The van der Waals surface area contributed by atoms with Gasteiger partial charge in [-0.2, -0.15) is 0 Å². The van der Waals surface area contributed by atoms with E-state index in [9.17, 15) is 9.90 Å². The van der Waals surface area contributed by atoms with Crippen LogP contribution in [0.4, 0.5) is 0 Å². The number of nitrogens with zero attached hydrogens (tertiary/aromatic N) is 2. The van der Waals surface area contributed by atoms with E-state index in [0.717, 1.165) is 23.3 Å². The first-order chi connectivity index (χ1) is 9.63. The number of aromatic hydroxyl groups is 1. The fourth-order valence-electron chi connectivity index (χ4n) is 2.60. The molecular formula is C16H16N2O2. The largest absolute Gasteiger partial charge is 0.505 e. The summed E-state index contributed by atoms with van der Waals surface area (Å²) in [7, 11) is 1.83. The summed E-state index contributed by atoms with van der Waals surface area (Å²) in [6.07, 6.45) is 2.31. The summed E-state index contributed by atoms with van der Waals surface area (Å²) < 4.78 is 3.45. The van der Waals surface area contributed by atoms with Crippen LogP contribution in [-0.2, 0) is 13.5 Å². The van der Waals surface area contributed by atoms with Gasteiger partial charge in [0.05, 0.1) is 5.52 Å². The molecule has 3 rings (SSSR count). The summed E-state index contributed by atoms with van der Waals surface area (Å²) in [5.74, 6) is 0.0276. The maximum atomic E-state index is 12.7. The van der Waals surface area contributed by atoms with Crippen LogP contribution in [-0.4, -0.2) is 14.2 Å². The van der Waals surface area contributed by atoms with Gasteiger partial charge in [-0.1, -0.05) is 25.1 Å². The lowest BCUT2D eigenvalue weighted by Crippen LogP contribution is -2.21. The molecule has 3 aromatic rings. The molecular weight excluding hydrogens is 252 g/mol. The van der Waals surface area contributed by atoms with Crippen molar-refractivity contribution >= 4 is 10.9 Å². The molecule has 0 fully saturated rings. The van der Waals surface area contributed by atoms with E-state index >= 15 is 0 Å². The Balaban J connectivity index is 2.46. The van der Waals surface area contributed by atoms with Crippen molar-refractivity contribution in [2.45, 2.75) is 13.3 Å². The van der Waals surface area contributed by atoms with E-state index in [1.54, 1.807) is 15.3 Å². The van der Waals surface area contributed by atoms with E-state index in [2.05, 4.69) is 0 Å². The first-order valence-corrected chi connectivity index (χ1v) is 6.61. The van der Waals surface area contributed by atoms with Gasteiger partial charge >= 0.3 is 0 Å². The van der Waals surface area contributed by atoms with Crippen LogP contribution >= 0.6 is 0 Å². The number of aryl methyl sites for hydroxylation is 2. The molecule has 0 bridgehead atoms. The molecule has 102 valence electrons. The molecule has 0 amide bonds. The molecule has 0 saturated carbocycles. The van der Waals surface area contributed by atoms with Crippen molar-refractivity contribution < 1.29 is 5.11 Å². The van der Waals surface area contributed by atoms with E-state index in [1.165, 1.54) is 0 Å². The number of hydrogen-bond donors (Lipinski definition) is 1. The van der Waals surface area contributed by atoms with Crippen LogP contribution in [0, 0.1) is 0 Å². The summed E-state index contributed by atoms with van der Waals surface area (Å²) >= 11 is 0. The van der Waals surface area contributed by atoms with E-state index in [0.29, 0.717) is 5.39 Å². The monoisotopic (exact) mass is 268 g/mol. The number of benzene rings is 1. The zero-order chi connectivity index (χ0) is 14.3. The zero-order valence-corrected chi connectivity index (χ0v) is 11.5. The molecule has 4 heteroatoms. The first kappa shape index (κ1) is 12.5. The maximum Gasteiger partial charge on any atom is 0.268 e. The molecule has 0 saturated heterocycles. The molecule has 0 aliphatic rings. The summed E-state index contributed by atoms with van der Waals surface area (Å²) in [6.45, 7) is 2.02. The molecule has 0 unspecified atom stereocenters. The molecule has 0 aliphatic carbocycles. The zero-order valence-electron chi connectivity index (χ0n) is 11.5. The number of aromatic nitrogens is 2. The van der Waals surface area contributed by atoms with Gasteiger partial charge in [-0.15, -0.1) is 0 Å². The molecule has 1 aromatic carbocycles. The van der Waals surface area contributed by atoms with Gasteiger partial charge in [-0.05, 0) is 24.6 Å². The van der Waals surface area contributed by atoms with Gasteiger partial charge in [0, 0.05) is 24.6 Å². The molecule has 2 heterocycles. The Labute approximate surface area is 116 Å². The molecule has 0 aliphatic heterocycles. The predicted octanol–water partition coefficient (Wildman–Crippen LogP) is 2.60. The Morgan fingerprint density at radius 3 is 2.55 bits per heavy atom. The third kappa shape index (κ3) is 1.72. The van der Waals surface area contributed by atoms with Crippen LogP contribution in [0.5, 0.6) is 5.75 Å². The van der Waals surface area contributed by atoms with Crippen LogP contribution in [0.25, 0.3) is 16.6 Å². The standard InChI is InChI=1S/C16H16N2O2/c1-3-11-9-13-15(14(19)10-17(13)2)16(20)18(11)12-7-5-4-6-8-12/h4-10,19H,3H2,1-2H3. The second kappa shape index (κ2) is 4.56. The molecule has 0 atom stereocenters. The van der Waals surface area contributed by atoms with Gasteiger partial charge in [0.1, 0.15) is 11.1 Å². The van der Waals surface area contributed by atoms with Crippen molar-refractivity contribution in [1.82, 2.24) is 9.13 Å². The highest BCUT2D eigenvalue weighted by atomic mass is 16.3. The average Bonchev–Trinajstić information content (AvgIpc) is 2.74. The third-order valence-corrected chi connectivity index (χ3v) is 3.59. The van der Waals surface area contributed by atoms with Crippen molar-refractivity contribution in [3.05, 3.63) is 58.6 Å². The normalized spacial score (nSPS) is 11.1. The number of rotatable bonds is 2. The van der Waals surface area contributed by atoms with Gasteiger partial charge in [-0.25, -0.2) is 0 Å². The molecule has 1 N–H and O–H groups in total. The summed E-state index contributed by atoms with van der Waals surface area (Å²) in [6, 6.07) is 11.5. The fourth-order valence-corrected chi connectivity index (χ4v) is 2.60. The number of fused-ring (bicyclic) bond motifs is 1. The van der Waals surface area contributed by atoms with E-state index in [4.69, 9.17) is 0 Å². The SMILES string of the molecule is CCc1cc2c(c(O)cn2C)c(=O)n1-c1ccccc1. The predicted molar refractivity (Wildman–Crippen MR) is 79.6 cm³/mol. The topological polar surface area (TPSA) is 47.2 Å². The highest BCUT2D eigenvalue weighted by Crippen LogP contribution is 2.25. The Morgan fingerprint density at radius 1 is 1.20 bits per heavy atom. The lowest BCUT2D eigenvalue weighted by molar-refractivity contribution is 0.479. The van der Waals surface area contributed by atoms with Crippen LogP contribution in [0.3, 0.4) is 0 Å². The second-order valence-electron chi connectivity index (χ2n) is 4.85. The number of hydrogen-bond acceptors (Lipinski definition) is 2. The maximum absolute atomic E-state index is 12.7. The Kier molecular flexibility index (Phi) is 2.86. The van der Waals surface area contributed by atoms with Gasteiger partial charge in [0.15, 0.2) is 0 Å². The lowest BCUT2D eigenvalue weighted by Gasteiger charge is -2.12. The highest BCUT2D eigenvalue weighted by Gasteiger charge is 2.15. The fraction of sp³-hybridized carbons (Fsp3) is 0.188. The number of pyridine rings is 1. The van der Waals surface area contributed by atoms with Crippen molar-refractivity contribution in [3.8, 4) is 11.4 Å². The Hall–Kier alpha value is -2.49. The Morgan fingerprint density at radius 2 is 1.90 bits per heavy atom. The first-order valence-electron chi connectivity index (χ1n) is 6.61. The highest BCUT2D eigenvalue weighted by molar-refractivity contribution is 5.86. The van der Waals surface area contributed by atoms with Gasteiger partial charge in [-0.3, -0.25) is 9.36 Å². The van der Waals surface area contributed by atoms with Crippen molar-refractivity contribution in [3.63, 3.8) is 0 Å². The van der Waals surface area contributed by atoms with Crippen molar-refractivity contribution in [2.75, 3.05) is 0 Å². The van der Waals surface area contributed by atoms with E-state index < -0.39 is 0 Å². The minimum atomic E-state index is -0.177. The Bertz CT molecular complexity index is 829. The molecule has 4 nitrogen and oxygen atoms in total. The van der Waals surface area contributed by atoms with E-state index in [1.807, 2.05) is 50.4 Å². The average molecular weight is 268 g/mol. The smallest absolute Gasteiger partial charge is 0.268 e. The molecule has 20 heavy (non-hydrogen) atoms. The quantitative estimate of drug-likeness (QED) is 0.776. The number of para-hydroxylation sites is 1. The van der Waals surface area contributed by atoms with Gasteiger partial charge in [0.25, 0.3) is 5.56 Å². The van der Waals surface area contributed by atoms with Crippen LogP contribution in [0.1, 0.15) is 12.6 Å². The van der Waals surface area contributed by atoms with Crippen LogP contribution in [0.2, 0.25) is 0 Å². The van der Waals surface area contributed by atoms with Gasteiger partial charge < -0.3 is 9.67 Å². The summed E-state index contributed by atoms with van der Waals surface area (Å²) in [4.78, 5) is 12.7. The van der Waals surface area contributed by atoms with Crippen LogP contribution < -0.4 is 5.56 Å². The minimum absolute atomic E-state index is 0.0276. The molecule has 0 radical (unpaired) electrons. The van der Waals surface area contributed by atoms with Crippen molar-refractivity contribution in [1.29, 1.82) is 0 Å². The second-order valence-corrected chi connectivity index (χ2v) is 4.85. The molecule has 2 aromatic heterocycles. The molecule has 0 spiro atoms. The minimum Gasteiger partial charge on any atom is -0.505 e. The van der Waals surface area contributed by atoms with Gasteiger partial charge in [0.2, 0.25) is 0 Å². The van der Waals surface area contributed by atoms with Crippen molar-refractivity contribution in [2.24, 2.45) is 7.05 Å².